The third kappa shape index (κ3) is 2.21. The fraction of sp³-hybridized carbons (Fsp3) is 0.364. The van der Waals surface area contributed by atoms with Crippen LogP contribution in [0.25, 0.3) is 0 Å². The summed E-state index contributed by atoms with van der Waals surface area (Å²) in [7, 11) is 1.43. The van der Waals surface area contributed by atoms with Gasteiger partial charge >= 0.3 is 5.97 Å². The number of phenols is 1. The fourth-order valence-corrected chi connectivity index (χ4v) is 1.32. The Balaban J connectivity index is 3.22. The largest absolute Gasteiger partial charge is 0.504 e. The Morgan fingerprint density at radius 1 is 1.47 bits per heavy atom. The van der Waals surface area contributed by atoms with Crippen LogP contribution in [0.4, 0.5) is 0 Å². The Hall–Kier alpha value is -1.71. The molecule has 15 heavy (non-hydrogen) atoms. The summed E-state index contributed by atoms with van der Waals surface area (Å²) < 4.78 is 4.95. The molecule has 82 valence electrons. The third-order valence-corrected chi connectivity index (χ3v) is 2.38. The van der Waals surface area contributed by atoms with Crippen molar-refractivity contribution in [3.63, 3.8) is 0 Å². The summed E-state index contributed by atoms with van der Waals surface area (Å²) in [6.45, 7) is 3.30. The third-order valence-electron chi connectivity index (χ3n) is 2.38. The first-order valence-electron chi connectivity index (χ1n) is 4.57. The normalized spacial score (nSPS) is 12.2. The molecule has 1 rings (SSSR count). The lowest BCUT2D eigenvalue weighted by molar-refractivity contribution is -0.138. The Labute approximate surface area is 88.1 Å². The Morgan fingerprint density at radius 2 is 2.07 bits per heavy atom. The summed E-state index contributed by atoms with van der Waals surface area (Å²) in [5.41, 5.74) is 1.23. The van der Waals surface area contributed by atoms with Crippen LogP contribution in [-0.4, -0.2) is 23.3 Å². The van der Waals surface area contributed by atoms with Crippen molar-refractivity contribution in [3.8, 4) is 11.5 Å². The summed E-state index contributed by atoms with van der Waals surface area (Å²) in [5, 5.41) is 18.4. The lowest BCUT2D eigenvalue weighted by atomic mass is 9.98. The van der Waals surface area contributed by atoms with Gasteiger partial charge in [0.25, 0.3) is 0 Å². The van der Waals surface area contributed by atoms with Gasteiger partial charge in [-0.2, -0.15) is 0 Å². The maximum Gasteiger partial charge on any atom is 0.310 e. The number of hydrogen-bond donors (Lipinski definition) is 2. The second-order valence-corrected chi connectivity index (χ2v) is 3.45. The Bertz CT molecular complexity index is 384. The van der Waals surface area contributed by atoms with Crippen LogP contribution >= 0.6 is 0 Å². The van der Waals surface area contributed by atoms with E-state index in [9.17, 15) is 9.90 Å². The van der Waals surface area contributed by atoms with Gasteiger partial charge in [0.1, 0.15) is 0 Å². The molecule has 0 fully saturated rings. The Morgan fingerprint density at radius 3 is 2.53 bits per heavy atom. The van der Waals surface area contributed by atoms with Crippen molar-refractivity contribution in [2.45, 2.75) is 19.8 Å². The van der Waals surface area contributed by atoms with Crippen molar-refractivity contribution in [2.24, 2.45) is 0 Å². The summed E-state index contributed by atoms with van der Waals surface area (Å²) in [5.74, 6) is -1.16. The topological polar surface area (TPSA) is 66.8 Å². The molecule has 0 heterocycles. The molecule has 1 atom stereocenters. The number of aryl methyl sites for hydroxylation is 1. The molecular formula is C11H14O4. The van der Waals surface area contributed by atoms with Crippen molar-refractivity contribution in [1.82, 2.24) is 0 Å². The zero-order chi connectivity index (χ0) is 11.6. The average molecular weight is 210 g/mol. The minimum absolute atomic E-state index is 0.0545. The molecule has 0 spiro atoms. The summed E-state index contributed by atoms with van der Waals surface area (Å²) in [4.78, 5) is 10.8. The predicted molar refractivity (Wildman–Crippen MR) is 55.4 cm³/mol. The molecule has 4 heteroatoms. The highest BCUT2D eigenvalue weighted by molar-refractivity contribution is 5.76. The number of rotatable bonds is 3. The number of carboxylic acids is 1. The standard InChI is InChI=1S/C11H14O4/c1-6-4-8(7(2)11(13)14)5-9(15-3)10(6)12/h4-5,7,12H,1-3H3,(H,13,14). The van der Waals surface area contributed by atoms with Gasteiger partial charge in [-0.3, -0.25) is 4.79 Å². The second kappa shape index (κ2) is 4.21. The molecule has 0 saturated heterocycles. The zero-order valence-electron chi connectivity index (χ0n) is 8.94. The van der Waals surface area contributed by atoms with Crippen LogP contribution in [0, 0.1) is 6.92 Å². The number of carbonyl (C=O) groups is 1. The highest BCUT2D eigenvalue weighted by atomic mass is 16.5. The second-order valence-electron chi connectivity index (χ2n) is 3.45. The first-order chi connectivity index (χ1) is 6.97. The van der Waals surface area contributed by atoms with Gasteiger partial charge < -0.3 is 14.9 Å². The van der Waals surface area contributed by atoms with Crippen LogP contribution in [0.3, 0.4) is 0 Å². The quantitative estimate of drug-likeness (QED) is 0.799. The summed E-state index contributed by atoms with van der Waals surface area (Å²) >= 11 is 0. The molecule has 1 aromatic rings. The van der Waals surface area contributed by atoms with E-state index >= 15 is 0 Å². The van der Waals surface area contributed by atoms with Crippen molar-refractivity contribution in [3.05, 3.63) is 23.3 Å². The van der Waals surface area contributed by atoms with E-state index in [0.717, 1.165) is 0 Å². The Kier molecular flexibility index (Phi) is 3.19. The van der Waals surface area contributed by atoms with Gasteiger partial charge in [-0.25, -0.2) is 0 Å². The van der Waals surface area contributed by atoms with E-state index in [1.54, 1.807) is 26.0 Å². The highest BCUT2D eigenvalue weighted by Gasteiger charge is 2.17. The molecule has 0 aliphatic carbocycles. The number of carboxylic acid groups (broad SMARTS) is 1. The van der Waals surface area contributed by atoms with E-state index in [1.165, 1.54) is 7.11 Å². The number of aliphatic carboxylic acids is 1. The lowest BCUT2D eigenvalue weighted by Gasteiger charge is -2.12. The first kappa shape index (κ1) is 11.4. The van der Waals surface area contributed by atoms with E-state index in [-0.39, 0.29) is 5.75 Å². The molecule has 1 unspecified atom stereocenters. The molecule has 0 radical (unpaired) electrons. The molecule has 0 saturated carbocycles. The molecule has 0 aliphatic rings. The maximum atomic E-state index is 10.8. The predicted octanol–water partition coefficient (Wildman–Crippen LogP) is 1.90. The minimum Gasteiger partial charge on any atom is -0.504 e. The number of aromatic hydroxyl groups is 1. The van der Waals surface area contributed by atoms with Gasteiger partial charge in [0.2, 0.25) is 0 Å². The van der Waals surface area contributed by atoms with E-state index in [2.05, 4.69) is 0 Å². The van der Waals surface area contributed by atoms with Gasteiger partial charge in [-0.05, 0) is 31.0 Å². The molecule has 0 bridgehead atoms. The first-order valence-corrected chi connectivity index (χ1v) is 4.57. The van der Waals surface area contributed by atoms with Crippen LogP contribution in [0.2, 0.25) is 0 Å². The number of hydrogen-bond acceptors (Lipinski definition) is 3. The number of benzene rings is 1. The molecule has 0 aliphatic heterocycles. The van der Waals surface area contributed by atoms with Gasteiger partial charge in [-0.15, -0.1) is 0 Å². The molecule has 0 aromatic heterocycles. The molecular weight excluding hydrogens is 196 g/mol. The van der Waals surface area contributed by atoms with Gasteiger partial charge in [0.15, 0.2) is 11.5 Å². The van der Waals surface area contributed by atoms with Crippen molar-refractivity contribution in [2.75, 3.05) is 7.11 Å². The molecule has 0 amide bonds. The van der Waals surface area contributed by atoms with Crippen LogP contribution in [-0.2, 0) is 4.79 Å². The number of methoxy groups -OCH3 is 1. The van der Waals surface area contributed by atoms with Gasteiger partial charge in [-0.1, -0.05) is 6.07 Å². The smallest absolute Gasteiger partial charge is 0.310 e. The average Bonchev–Trinajstić information content (AvgIpc) is 2.20. The zero-order valence-corrected chi connectivity index (χ0v) is 8.94. The summed E-state index contributed by atoms with van der Waals surface area (Å²) in [6.07, 6.45) is 0. The number of ether oxygens (including phenoxy) is 1. The maximum absolute atomic E-state index is 10.8. The van der Waals surface area contributed by atoms with E-state index in [4.69, 9.17) is 9.84 Å². The monoisotopic (exact) mass is 210 g/mol. The lowest BCUT2D eigenvalue weighted by Crippen LogP contribution is -2.07. The van der Waals surface area contributed by atoms with Gasteiger partial charge in [0, 0.05) is 0 Å². The van der Waals surface area contributed by atoms with Crippen molar-refractivity contribution >= 4 is 5.97 Å². The van der Waals surface area contributed by atoms with E-state index in [0.29, 0.717) is 16.9 Å². The molecule has 1 aromatic carbocycles. The van der Waals surface area contributed by atoms with Crippen LogP contribution in [0.1, 0.15) is 24.0 Å². The van der Waals surface area contributed by atoms with Gasteiger partial charge in [0.05, 0.1) is 13.0 Å². The van der Waals surface area contributed by atoms with E-state index < -0.39 is 11.9 Å². The number of phenolic OH excluding ortho intramolecular Hbond substituents is 1. The SMILES string of the molecule is COc1cc(C(C)C(=O)O)cc(C)c1O. The molecule has 4 nitrogen and oxygen atoms in total. The fourth-order valence-electron chi connectivity index (χ4n) is 1.32. The van der Waals surface area contributed by atoms with Crippen molar-refractivity contribution < 1.29 is 19.7 Å². The van der Waals surface area contributed by atoms with E-state index in [1.807, 2.05) is 0 Å². The van der Waals surface area contributed by atoms with Crippen molar-refractivity contribution in [1.29, 1.82) is 0 Å². The highest BCUT2D eigenvalue weighted by Crippen LogP contribution is 2.33. The van der Waals surface area contributed by atoms with Crippen LogP contribution in [0.5, 0.6) is 11.5 Å². The minimum atomic E-state index is -0.901. The summed E-state index contributed by atoms with van der Waals surface area (Å²) in [6, 6.07) is 3.19. The van der Waals surface area contributed by atoms with Crippen LogP contribution in [0.15, 0.2) is 12.1 Å². The van der Waals surface area contributed by atoms with Crippen LogP contribution < -0.4 is 4.74 Å². The molecule has 2 N–H and O–H groups in total.